The Hall–Kier alpha value is -3.96. The van der Waals surface area contributed by atoms with Crippen molar-refractivity contribution < 1.29 is 22.3 Å². The summed E-state index contributed by atoms with van der Waals surface area (Å²) in [7, 11) is 0. The Morgan fingerprint density at radius 2 is 2.03 bits per heavy atom. The van der Waals surface area contributed by atoms with Gasteiger partial charge in [-0.1, -0.05) is 0 Å². The molecule has 188 valence electrons. The van der Waals surface area contributed by atoms with Gasteiger partial charge in [-0.25, -0.2) is 19.6 Å². The molecule has 2 aromatic heterocycles. The van der Waals surface area contributed by atoms with E-state index < -0.39 is 23.8 Å². The average molecular weight is 501 g/mol. The fraction of sp³-hybridized carbons (Fsp3) is 0.333. The fourth-order valence-electron chi connectivity index (χ4n) is 4.17. The summed E-state index contributed by atoms with van der Waals surface area (Å²) in [6.45, 7) is 2.25. The molecule has 1 aromatic carbocycles. The number of hydrogen-bond donors (Lipinski definition) is 3. The number of rotatable bonds is 4. The summed E-state index contributed by atoms with van der Waals surface area (Å²) in [5.74, 6) is 0.176. The Morgan fingerprint density at radius 1 is 1.25 bits per heavy atom. The number of allylic oxidation sites excluding steroid dienone is 1. The first-order valence-electron chi connectivity index (χ1n) is 11.4. The van der Waals surface area contributed by atoms with Crippen molar-refractivity contribution in [3.63, 3.8) is 0 Å². The highest BCUT2D eigenvalue weighted by Crippen LogP contribution is 2.37. The van der Waals surface area contributed by atoms with Gasteiger partial charge in [0.1, 0.15) is 11.9 Å². The lowest BCUT2D eigenvalue weighted by Gasteiger charge is -2.22. The smallest absolute Gasteiger partial charge is 0.435 e. The van der Waals surface area contributed by atoms with E-state index in [2.05, 4.69) is 20.5 Å². The van der Waals surface area contributed by atoms with Crippen LogP contribution in [0.4, 0.5) is 23.4 Å². The summed E-state index contributed by atoms with van der Waals surface area (Å²) in [6, 6.07) is 6.23. The molecule has 1 fully saturated rings. The van der Waals surface area contributed by atoms with Crippen molar-refractivity contribution in [1.82, 2.24) is 20.1 Å². The van der Waals surface area contributed by atoms with Gasteiger partial charge in [0.15, 0.2) is 17.3 Å². The van der Waals surface area contributed by atoms with E-state index >= 15 is 0 Å². The van der Waals surface area contributed by atoms with Gasteiger partial charge in [0.2, 0.25) is 0 Å². The normalized spacial score (nSPS) is 19.9. The van der Waals surface area contributed by atoms with Gasteiger partial charge in [-0.3, -0.25) is 0 Å². The second kappa shape index (κ2) is 8.92. The van der Waals surface area contributed by atoms with Gasteiger partial charge in [-0.15, -0.1) is 0 Å². The van der Waals surface area contributed by atoms with Crippen LogP contribution in [0.15, 0.2) is 47.3 Å². The van der Waals surface area contributed by atoms with Crippen LogP contribution in [0.2, 0.25) is 0 Å². The molecule has 0 saturated heterocycles. The third kappa shape index (κ3) is 4.62. The molecule has 1 atom stereocenters. The number of hydrogen-bond acceptors (Lipinski definition) is 7. The van der Waals surface area contributed by atoms with E-state index in [4.69, 9.17) is 16.0 Å². The molecule has 4 N–H and O–H groups in total. The van der Waals surface area contributed by atoms with Crippen LogP contribution in [0.5, 0.6) is 5.75 Å². The second-order valence-electron chi connectivity index (χ2n) is 8.94. The zero-order chi connectivity index (χ0) is 25.6. The quantitative estimate of drug-likeness (QED) is 0.327. The molecule has 0 radical (unpaired) electrons. The largest absolute Gasteiger partial charge is 0.482 e. The van der Waals surface area contributed by atoms with E-state index in [1.807, 2.05) is 0 Å². The lowest BCUT2D eigenvalue weighted by molar-refractivity contribution is -0.141. The monoisotopic (exact) mass is 501 g/mol. The van der Waals surface area contributed by atoms with Crippen molar-refractivity contribution in [3.05, 3.63) is 70.6 Å². The topological polar surface area (TPSA) is 114 Å². The van der Waals surface area contributed by atoms with Crippen LogP contribution in [0.25, 0.3) is 11.4 Å². The molecule has 2 aliphatic rings. The zero-order valence-electron chi connectivity index (χ0n) is 19.2. The highest BCUT2D eigenvalue weighted by molar-refractivity contribution is 5.70. The minimum absolute atomic E-state index is 0.0886. The van der Waals surface area contributed by atoms with E-state index in [1.165, 1.54) is 18.3 Å². The first-order valence-corrected chi connectivity index (χ1v) is 11.4. The number of fused-ring (bicyclic) bond motifs is 5. The van der Waals surface area contributed by atoms with Gasteiger partial charge in [0.25, 0.3) is 0 Å². The number of ether oxygens (including phenoxy) is 1. The number of pyridine rings is 1. The molecule has 5 rings (SSSR count). The number of alkyl halides is 3. The Bertz CT molecular complexity index is 1360. The number of anilines is 1. The predicted molar refractivity (Wildman–Crippen MR) is 123 cm³/mol. The third-order valence-electron chi connectivity index (χ3n) is 6.24. The van der Waals surface area contributed by atoms with Crippen LogP contribution in [0.3, 0.4) is 0 Å². The number of aromatic nitrogens is 3. The Labute approximate surface area is 203 Å². The van der Waals surface area contributed by atoms with Crippen LogP contribution < -0.4 is 15.8 Å². The van der Waals surface area contributed by atoms with Gasteiger partial charge in [-0.2, -0.15) is 23.4 Å². The van der Waals surface area contributed by atoms with E-state index in [9.17, 15) is 17.6 Å². The number of nitrogens with one attached hydrogen (secondary N) is 2. The molecule has 8 nitrogen and oxygen atoms in total. The molecule has 3 heterocycles. The molecule has 36 heavy (non-hydrogen) atoms. The summed E-state index contributed by atoms with van der Waals surface area (Å²) in [5.41, 5.74) is 14.5. The summed E-state index contributed by atoms with van der Waals surface area (Å²) in [4.78, 5) is 4.21. The van der Waals surface area contributed by atoms with Crippen molar-refractivity contribution >= 4 is 11.5 Å². The summed E-state index contributed by atoms with van der Waals surface area (Å²) in [6.07, 6.45) is -2.05. The van der Waals surface area contributed by atoms with Crippen molar-refractivity contribution in [2.24, 2.45) is 11.0 Å². The first-order chi connectivity index (χ1) is 17.1. The molecule has 1 aliphatic heterocycles. The molecule has 3 aromatic rings. The van der Waals surface area contributed by atoms with Crippen LogP contribution in [0, 0.1) is 17.3 Å². The van der Waals surface area contributed by atoms with Crippen LogP contribution in [-0.4, -0.2) is 21.3 Å². The number of halogens is 4. The molecular weight excluding hydrogens is 478 g/mol. The molecule has 12 heteroatoms. The molecular formula is C24H23F4N7O. The van der Waals surface area contributed by atoms with Gasteiger partial charge in [0.05, 0.1) is 22.8 Å². The molecule has 0 amide bonds. The number of nitrogens with two attached hydrogens (primary N) is 1. The number of nitrogens with zero attached hydrogens (tertiary/aromatic N) is 4. The number of nitrogen functional groups attached to an aromatic ring is 1. The predicted octanol–water partition coefficient (Wildman–Crippen LogP) is 5.40. The maximum absolute atomic E-state index is 14.3. The third-order valence-corrected chi connectivity index (χ3v) is 6.24. The zero-order valence-corrected chi connectivity index (χ0v) is 19.2. The Balaban J connectivity index is 1.76. The summed E-state index contributed by atoms with van der Waals surface area (Å²) in [5, 5.41) is 10.8. The Kier molecular flexibility index (Phi) is 5.89. The van der Waals surface area contributed by atoms with E-state index in [-0.39, 0.29) is 40.6 Å². The molecule has 2 bridgehead atoms. The maximum atomic E-state index is 14.3. The first kappa shape index (κ1) is 23.8. The van der Waals surface area contributed by atoms with Crippen LogP contribution >= 0.6 is 0 Å². The summed E-state index contributed by atoms with van der Waals surface area (Å²) < 4.78 is 62.5. The van der Waals surface area contributed by atoms with E-state index in [1.54, 1.807) is 13.0 Å². The number of benzene rings is 1. The molecule has 1 saturated carbocycles. The van der Waals surface area contributed by atoms with E-state index in [0.29, 0.717) is 23.7 Å². The van der Waals surface area contributed by atoms with Gasteiger partial charge >= 0.3 is 6.18 Å². The Morgan fingerprint density at radius 3 is 2.72 bits per heavy atom. The highest BCUT2D eigenvalue weighted by Gasteiger charge is 2.36. The van der Waals surface area contributed by atoms with Crippen molar-refractivity contribution in [3.8, 4) is 11.4 Å². The van der Waals surface area contributed by atoms with Crippen LogP contribution in [0.1, 0.15) is 48.4 Å². The van der Waals surface area contributed by atoms with E-state index in [0.717, 1.165) is 29.7 Å². The highest BCUT2D eigenvalue weighted by atomic mass is 19.4. The molecule has 1 aliphatic carbocycles. The second-order valence-corrected chi connectivity index (χ2v) is 8.94. The minimum atomic E-state index is -4.71. The molecule has 0 spiro atoms. The lowest BCUT2D eigenvalue weighted by Crippen LogP contribution is -2.19. The maximum Gasteiger partial charge on any atom is 0.435 e. The molecule has 1 unspecified atom stereocenters. The van der Waals surface area contributed by atoms with Gasteiger partial charge < -0.3 is 15.8 Å². The van der Waals surface area contributed by atoms with Crippen molar-refractivity contribution in [1.29, 1.82) is 5.53 Å². The standard InChI is InChI=1S/C24H23F4N7O/c1-12-17-7-15(25)4-5-19(17)35-16(9-21(34-35)24(26,27)28)8-18(33-30)22(31-10-13-2-3-13)14-6-20(36-12)23(29)32-11-14/h4-7,9,11-13,30-31H,2-3,8,10H2,1H3,(H2,29,32)/b22-18-,33-30?. The summed E-state index contributed by atoms with van der Waals surface area (Å²) >= 11 is 0. The van der Waals surface area contributed by atoms with Crippen LogP contribution in [-0.2, 0) is 12.6 Å². The van der Waals surface area contributed by atoms with Crippen molar-refractivity contribution in [2.45, 2.75) is 38.5 Å². The van der Waals surface area contributed by atoms with Gasteiger partial charge in [-0.05, 0) is 56.0 Å². The SMILES string of the molecule is CC1Oc2cc(cnc2N)/C(NCC2CC2)=C(/N=N)Cc2cc(C(F)(F)F)nn2-c2ccc(F)cc21. The van der Waals surface area contributed by atoms with Crippen molar-refractivity contribution in [2.75, 3.05) is 12.3 Å². The fourth-order valence-corrected chi connectivity index (χ4v) is 4.17. The minimum Gasteiger partial charge on any atom is -0.482 e. The van der Waals surface area contributed by atoms with Gasteiger partial charge in [0, 0.05) is 30.3 Å². The lowest BCUT2D eigenvalue weighted by atomic mass is 10.0. The average Bonchev–Trinajstić information content (AvgIpc) is 3.56.